The summed E-state index contributed by atoms with van der Waals surface area (Å²) in [6, 6.07) is 1.56. The molecule has 0 aliphatic carbocycles. The lowest BCUT2D eigenvalue weighted by atomic mass is 9.82. The standard InChI is InChI=1S/C16H25N3O3/c1-11(2)15-17-13(10-14(21)18-15)19-7-5-16(6-8-19)12(20)4-3-9-22-16/h10-12,20H,3-9H2,1-2H3,(H,17,18,21)/t12-/m1/s1. The Morgan fingerprint density at radius 3 is 2.82 bits per heavy atom. The summed E-state index contributed by atoms with van der Waals surface area (Å²) in [5.74, 6) is 1.64. The summed E-state index contributed by atoms with van der Waals surface area (Å²) in [7, 11) is 0. The number of hydrogen-bond acceptors (Lipinski definition) is 5. The van der Waals surface area contributed by atoms with Gasteiger partial charge >= 0.3 is 0 Å². The quantitative estimate of drug-likeness (QED) is 0.863. The molecule has 0 aromatic carbocycles. The van der Waals surface area contributed by atoms with E-state index in [9.17, 15) is 9.90 Å². The number of nitrogens with one attached hydrogen (secondary N) is 1. The Morgan fingerprint density at radius 2 is 2.18 bits per heavy atom. The smallest absolute Gasteiger partial charge is 0.252 e. The maximum Gasteiger partial charge on any atom is 0.252 e. The molecule has 2 aliphatic heterocycles. The highest BCUT2D eigenvalue weighted by Crippen LogP contribution is 2.36. The lowest BCUT2D eigenvalue weighted by molar-refractivity contribution is -0.164. The minimum atomic E-state index is -0.392. The van der Waals surface area contributed by atoms with Crippen LogP contribution >= 0.6 is 0 Å². The fourth-order valence-electron chi connectivity index (χ4n) is 3.40. The van der Waals surface area contributed by atoms with Gasteiger partial charge in [-0.15, -0.1) is 0 Å². The number of piperidine rings is 1. The average Bonchev–Trinajstić information content (AvgIpc) is 2.50. The van der Waals surface area contributed by atoms with Gasteiger partial charge in [-0.2, -0.15) is 0 Å². The Bertz CT molecular complexity index is 576. The fourth-order valence-corrected chi connectivity index (χ4v) is 3.40. The van der Waals surface area contributed by atoms with Crippen LogP contribution in [0.15, 0.2) is 10.9 Å². The van der Waals surface area contributed by atoms with E-state index in [0.717, 1.165) is 57.0 Å². The minimum absolute atomic E-state index is 0.108. The van der Waals surface area contributed by atoms with E-state index in [1.54, 1.807) is 6.07 Å². The van der Waals surface area contributed by atoms with E-state index in [-0.39, 0.29) is 17.6 Å². The predicted molar refractivity (Wildman–Crippen MR) is 84.3 cm³/mol. The van der Waals surface area contributed by atoms with Crippen LogP contribution in [0.1, 0.15) is 51.3 Å². The zero-order valence-electron chi connectivity index (χ0n) is 13.3. The second kappa shape index (κ2) is 6.01. The number of nitrogens with zero attached hydrogens (tertiary/aromatic N) is 2. The molecule has 3 heterocycles. The molecule has 0 saturated carbocycles. The zero-order valence-corrected chi connectivity index (χ0v) is 13.3. The van der Waals surface area contributed by atoms with E-state index in [4.69, 9.17) is 4.74 Å². The maximum atomic E-state index is 11.8. The van der Waals surface area contributed by atoms with E-state index in [0.29, 0.717) is 0 Å². The first-order valence-electron chi connectivity index (χ1n) is 8.18. The number of ether oxygens (including phenoxy) is 1. The number of H-pyrrole nitrogens is 1. The van der Waals surface area contributed by atoms with Crippen LogP contribution in [0.4, 0.5) is 5.82 Å². The van der Waals surface area contributed by atoms with Crippen molar-refractivity contribution in [1.29, 1.82) is 0 Å². The summed E-state index contributed by atoms with van der Waals surface area (Å²) in [5, 5.41) is 10.3. The average molecular weight is 307 g/mol. The fraction of sp³-hybridized carbons (Fsp3) is 0.750. The molecular formula is C16H25N3O3. The van der Waals surface area contributed by atoms with Gasteiger partial charge in [0.05, 0.1) is 11.7 Å². The van der Waals surface area contributed by atoms with Gasteiger partial charge in [0.15, 0.2) is 0 Å². The Hall–Kier alpha value is -1.40. The first-order valence-corrected chi connectivity index (χ1v) is 8.18. The molecular weight excluding hydrogens is 282 g/mol. The van der Waals surface area contributed by atoms with Crippen molar-refractivity contribution in [3.05, 3.63) is 22.2 Å². The predicted octanol–water partition coefficient (Wildman–Crippen LogP) is 1.40. The number of anilines is 1. The highest BCUT2D eigenvalue weighted by Gasteiger charge is 2.43. The summed E-state index contributed by atoms with van der Waals surface area (Å²) < 4.78 is 5.92. The molecule has 122 valence electrons. The lowest BCUT2D eigenvalue weighted by Gasteiger charge is -2.47. The molecule has 2 N–H and O–H groups in total. The van der Waals surface area contributed by atoms with Gasteiger partial charge in [0.2, 0.25) is 0 Å². The molecule has 1 atom stereocenters. The summed E-state index contributed by atoms with van der Waals surface area (Å²) in [5.41, 5.74) is -0.500. The molecule has 1 spiro atoms. The molecule has 2 aliphatic rings. The van der Waals surface area contributed by atoms with Crippen LogP contribution in [0.2, 0.25) is 0 Å². The van der Waals surface area contributed by atoms with E-state index < -0.39 is 5.60 Å². The molecule has 6 nitrogen and oxygen atoms in total. The Labute approximate surface area is 130 Å². The van der Waals surface area contributed by atoms with Crippen molar-refractivity contribution in [2.24, 2.45) is 0 Å². The van der Waals surface area contributed by atoms with Gasteiger partial charge < -0.3 is 19.7 Å². The van der Waals surface area contributed by atoms with Crippen LogP contribution in [0.3, 0.4) is 0 Å². The minimum Gasteiger partial charge on any atom is -0.390 e. The molecule has 1 aromatic rings. The zero-order chi connectivity index (χ0) is 15.7. The maximum absolute atomic E-state index is 11.8. The molecule has 1 aromatic heterocycles. The molecule has 0 bridgehead atoms. The largest absolute Gasteiger partial charge is 0.390 e. The Morgan fingerprint density at radius 1 is 1.45 bits per heavy atom. The number of aliphatic hydroxyl groups is 1. The van der Waals surface area contributed by atoms with Crippen LogP contribution in [0.5, 0.6) is 0 Å². The van der Waals surface area contributed by atoms with Crippen molar-refractivity contribution in [1.82, 2.24) is 9.97 Å². The van der Waals surface area contributed by atoms with Crippen molar-refractivity contribution >= 4 is 5.82 Å². The second-order valence-electron chi connectivity index (χ2n) is 6.70. The normalized spacial score (nSPS) is 24.9. The van der Waals surface area contributed by atoms with Gasteiger partial charge in [0.1, 0.15) is 11.6 Å². The monoisotopic (exact) mass is 307 g/mol. The number of rotatable bonds is 2. The number of aromatic nitrogens is 2. The third kappa shape index (κ3) is 2.90. The second-order valence-corrected chi connectivity index (χ2v) is 6.70. The van der Waals surface area contributed by atoms with E-state index >= 15 is 0 Å². The first-order chi connectivity index (χ1) is 10.5. The molecule has 3 rings (SSSR count). The van der Waals surface area contributed by atoms with E-state index in [1.165, 1.54) is 0 Å². The van der Waals surface area contributed by atoms with Crippen LogP contribution in [0, 0.1) is 0 Å². The first kappa shape index (κ1) is 15.5. The van der Waals surface area contributed by atoms with Crippen molar-refractivity contribution in [2.45, 2.75) is 57.2 Å². The third-order valence-electron chi connectivity index (χ3n) is 4.85. The summed E-state index contributed by atoms with van der Waals surface area (Å²) in [4.78, 5) is 21.3. The van der Waals surface area contributed by atoms with Crippen molar-refractivity contribution in [3.8, 4) is 0 Å². The van der Waals surface area contributed by atoms with Crippen molar-refractivity contribution < 1.29 is 9.84 Å². The number of aromatic amines is 1. The SMILES string of the molecule is CC(C)c1nc(N2CCC3(CC2)OCCC[C@H]3O)cc(=O)[nH]1. The van der Waals surface area contributed by atoms with Crippen molar-refractivity contribution in [3.63, 3.8) is 0 Å². The van der Waals surface area contributed by atoms with Crippen LogP contribution < -0.4 is 10.5 Å². The molecule has 0 amide bonds. The molecule has 0 unspecified atom stereocenters. The molecule has 2 saturated heterocycles. The van der Waals surface area contributed by atoms with Crippen LogP contribution in [-0.4, -0.2) is 46.5 Å². The number of aliphatic hydroxyl groups excluding tert-OH is 1. The van der Waals surface area contributed by atoms with Crippen molar-refractivity contribution in [2.75, 3.05) is 24.6 Å². The summed E-state index contributed by atoms with van der Waals surface area (Å²) in [6.07, 6.45) is 2.93. The summed E-state index contributed by atoms with van der Waals surface area (Å²) in [6.45, 7) is 6.27. The van der Waals surface area contributed by atoms with Crippen LogP contribution in [0.25, 0.3) is 0 Å². The Kier molecular flexibility index (Phi) is 4.23. The highest BCUT2D eigenvalue weighted by atomic mass is 16.5. The molecule has 2 fully saturated rings. The Balaban J connectivity index is 1.75. The summed E-state index contributed by atoms with van der Waals surface area (Å²) >= 11 is 0. The van der Waals surface area contributed by atoms with Gasteiger partial charge in [-0.05, 0) is 25.7 Å². The third-order valence-corrected chi connectivity index (χ3v) is 4.85. The molecule has 22 heavy (non-hydrogen) atoms. The van der Waals surface area contributed by atoms with Crippen LogP contribution in [-0.2, 0) is 4.74 Å². The van der Waals surface area contributed by atoms with Gasteiger partial charge in [0.25, 0.3) is 5.56 Å². The van der Waals surface area contributed by atoms with E-state index in [1.807, 2.05) is 13.8 Å². The van der Waals surface area contributed by atoms with Gasteiger partial charge in [-0.3, -0.25) is 4.79 Å². The number of hydrogen-bond donors (Lipinski definition) is 2. The van der Waals surface area contributed by atoms with Gasteiger partial charge in [-0.25, -0.2) is 4.98 Å². The lowest BCUT2D eigenvalue weighted by Crippen LogP contribution is -2.55. The molecule has 0 radical (unpaired) electrons. The highest BCUT2D eigenvalue weighted by molar-refractivity contribution is 5.38. The molecule has 6 heteroatoms. The van der Waals surface area contributed by atoms with Gasteiger partial charge in [-0.1, -0.05) is 13.8 Å². The van der Waals surface area contributed by atoms with Gasteiger partial charge in [0, 0.05) is 31.7 Å². The van der Waals surface area contributed by atoms with E-state index in [2.05, 4.69) is 14.9 Å². The topological polar surface area (TPSA) is 78.5 Å².